The first kappa shape index (κ1) is 11.2. The van der Waals surface area contributed by atoms with Crippen molar-refractivity contribution in [3.63, 3.8) is 0 Å². The summed E-state index contributed by atoms with van der Waals surface area (Å²) in [6.07, 6.45) is 11.3. The normalized spacial score (nSPS) is 29.5. The molecule has 0 amide bonds. The number of rotatable bonds is 3. The van der Waals surface area contributed by atoms with Crippen LogP contribution in [-0.4, -0.2) is 37.6 Å². The highest BCUT2D eigenvalue weighted by Gasteiger charge is 2.17. The monoisotopic (exact) mass is 208 g/mol. The Kier molecular flexibility index (Phi) is 4.21. The van der Waals surface area contributed by atoms with Gasteiger partial charge in [-0.3, -0.25) is 0 Å². The third-order valence-electron chi connectivity index (χ3n) is 3.80. The van der Waals surface area contributed by atoms with Gasteiger partial charge in [0.25, 0.3) is 0 Å². The van der Waals surface area contributed by atoms with Crippen molar-refractivity contribution in [3.05, 3.63) is 12.2 Å². The standard InChI is InChI=1S/C13H24N2/c1-15-9-7-12(8-10-15)11-14-13-5-3-2-4-6-13/h2-3,12-14H,4-11H2,1H3. The lowest BCUT2D eigenvalue weighted by atomic mass is 9.95. The largest absolute Gasteiger partial charge is 0.313 e. The quantitative estimate of drug-likeness (QED) is 0.714. The van der Waals surface area contributed by atoms with Crippen LogP contribution in [0.5, 0.6) is 0 Å². The third-order valence-corrected chi connectivity index (χ3v) is 3.80. The number of likely N-dealkylation sites (tertiary alicyclic amines) is 1. The van der Waals surface area contributed by atoms with Gasteiger partial charge in [0.05, 0.1) is 0 Å². The molecule has 2 aliphatic rings. The summed E-state index contributed by atoms with van der Waals surface area (Å²) in [5.41, 5.74) is 0. The van der Waals surface area contributed by atoms with E-state index in [4.69, 9.17) is 0 Å². The van der Waals surface area contributed by atoms with Crippen LogP contribution in [0.1, 0.15) is 32.1 Å². The van der Waals surface area contributed by atoms with Crippen LogP contribution in [0, 0.1) is 5.92 Å². The molecule has 0 aromatic rings. The molecule has 1 unspecified atom stereocenters. The van der Waals surface area contributed by atoms with E-state index in [0.29, 0.717) is 0 Å². The molecular formula is C13H24N2. The van der Waals surface area contributed by atoms with E-state index in [0.717, 1.165) is 12.0 Å². The molecule has 2 heteroatoms. The van der Waals surface area contributed by atoms with E-state index in [1.807, 2.05) is 0 Å². The zero-order valence-electron chi connectivity index (χ0n) is 9.91. The number of hydrogen-bond donors (Lipinski definition) is 1. The van der Waals surface area contributed by atoms with Crippen LogP contribution in [0.3, 0.4) is 0 Å². The summed E-state index contributed by atoms with van der Waals surface area (Å²) in [6.45, 7) is 3.82. The molecule has 1 heterocycles. The number of nitrogens with zero attached hydrogens (tertiary/aromatic N) is 1. The van der Waals surface area contributed by atoms with Gasteiger partial charge in [0, 0.05) is 6.04 Å². The second-order valence-electron chi connectivity index (χ2n) is 5.14. The number of piperidine rings is 1. The molecule has 0 saturated carbocycles. The molecule has 15 heavy (non-hydrogen) atoms. The maximum atomic E-state index is 3.74. The van der Waals surface area contributed by atoms with Gasteiger partial charge in [-0.05, 0) is 64.7 Å². The topological polar surface area (TPSA) is 15.3 Å². The lowest BCUT2D eigenvalue weighted by molar-refractivity contribution is 0.211. The minimum atomic E-state index is 0.759. The van der Waals surface area contributed by atoms with Gasteiger partial charge in [-0.1, -0.05) is 12.2 Å². The van der Waals surface area contributed by atoms with Gasteiger partial charge in [-0.15, -0.1) is 0 Å². The second kappa shape index (κ2) is 5.66. The molecular weight excluding hydrogens is 184 g/mol. The molecule has 0 bridgehead atoms. The molecule has 0 aromatic heterocycles. The predicted octanol–water partition coefficient (Wildman–Crippen LogP) is 2.03. The maximum absolute atomic E-state index is 3.74. The Morgan fingerprint density at radius 1 is 1.20 bits per heavy atom. The van der Waals surface area contributed by atoms with Crippen molar-refractivity contribution in [2.45, 2.75) is 38.1 Å². The summed E-state index contributed by atoms with van der Waals surface area (Å²) in [5.74, 6) is 0.923. The smallest absolute Gasteiger partial charge is 0.0105 e. The van der Waals surface area contributed by atoms with Gasteiger partial charge < -0.3 is 10.2 Å². The van der Waals surface area contributed by atoms with Gasteiger partial charge in [0.1, 0.15) is 0 Å². The Morgan fingerprint density at radius 3 is 2.67 bits per heavy atom. The summed E-state index contributed by atoms with van der Waals surface area (Å²) < 4.78 is 0. The molecule has 0 radical (unpaired) electrons. The Labute approximate surface area is 93.7 Å². The molecule has 1 aliphatic heterocycles. The van der Waals surface area contributed by atoms with Crippen LogP contribution in [0.2, 0.25) is 0 Å². The Bertz CT molecular complexity index is 205. The van der Waals surface area contributed by atoms with E-state index in [1.165, 1.54) is 51.7 Å². The lowest BCUT2D eigenvalue weighted by Crippen LogP contribution is -2.38. The molecule has 0 spiro atoms. The summed E-state index contributed by atoms with van der Waals surface area (Å²) in [5, 5.41) is 3.74. The van der Waals surface area contributed by atoms with Crippen LogP contribution in [0.4, 0.5) is 0 Å². The summed E-state index contributed by atoms with van der Waals surface area (Å²) in [7, 11) is 2.23. The van der Waals surface area contributed by atoms with Crippen LogP contribution in [0.15, 0.2) is 12.2 Å². The molecule has 1 saturated heterocycles. The lowest BCUT2D eigenvalue weighted by Gasteiger charge is -2.30. The van der Waals surface area contributed by atoms with E-state index in [2.05, 4.69) is 29.4 Å². The van der Waals surface area contributed by atoms with Gasteiger partial charge in [-0.2, -0.15) is 0 Å². The van der Waals surface area contributed by atoms with E-state index >= 15 is 0 Å². The van der Waals surface area contributed by atoms with Crippen LogP contribution < -0.4 is 5.32 Å². The van der Waals surface area contributed by atoms with Gasteiger partial charge in [-0.25, -0.2) is 0 Å². The van der Waals surface area contributed by atoms with Gasteiger partial charge >= 0.3 is 0 Å². The van der Waals surface area contributed by atoms with E-state index < -0.39 is 0 Å². The molecule has 1 N–H and O–H groups in total. The highest BCUT2D eigenvalue weighted by Crippen LogP contribution is 2.16. The van der Waals surface area contributed by atoms with Crippen LogP contribution >= 0.6 is 0 Å². The van der Waals surface area contributed by atoms with Crippen LogP contribution in [-0.2, 0) is 0 Å². The minimum Gasteiger partial charge on any atom is -0.313 e. The Morgan fingerprint density at radius 2 is 2.00 bits per heavy atom. The highest BCUT2D eigenvalue weighted by molar-refractivity contribution is 4.93. The van der Waals surface area contributed by atoms with Crippen molar-refractivity contribution in [1.29, 1.82) is 0 Å². The molecule has 86 valence electrons. The first-order chi connectivity index (χ1) is 7.34. The fourth-order valence-corrected chi connectivity index (χ4v) is 2.58. The summed E-state index contributed by atoms with van der Waals surface area (Å²) in [4.78, 5) is 2.44. The van der Waals surface area contributed by atoms with E-state index in [-0.39, 0.29) is 0 Å². The predicted molar refractivity (Wildman–Crippen MR) is 65.0 cm³/mol. The fourth-order valence-electron chi connectivity index (χ4n) is 2.58. The number of nitrogens with one attached hydrogen (secondary N) is 1. The third kappa shape index (κ3) is 3.62. The Balaban J connectivity index is 1.63. The van der Waals surface area contributed by atoms with Crippen molar-refractivity contribution < 1.29 is 0 Å². The average Bonchev–Trinajstić information content (AvgIpc) is 2.30. The summed E-state index contributed by atoms with van der Waals surface area (Å²) >= 11 is 0. The second-order valence-corrected chi connectivity index (χ2v) is 5.14. The van der Waals surface area contributed by atoms with Crippen LogP contribution in [0.25, 0.3) is 0 Å². The van der Waals surface area contributed by atoms with E-state index in [9.17, 15) is 0 Å². The minimum absolute atomic E-state index is 0.759. The molecule has 1 aliphatic carbocycles. The van der Waals surface area contributed by atoms with Crippen molar-refractivity contribution in [3.8, 4) is 0 Å². The molecule has 1 atom stereocenters. The van der Waals surface area contributed by atoms with Crippen molar-refractivity contribution >= 4 is 0 Å². The highest BCUT2D eigenvalue weighted by atomic mass is 15.1. The molecule has 1 fully saturated rings. The average molecular weight is 208 g/mol. The first-order valence-corrected chi connectivity index (χ1v) is 6.41. The first-order valence-electron chi connectivity index (χ1n) is 6.41. The zero-order valence-corrected chi connectivity index (χ0v) is 9.91. The number of hydrogen-bond acceptors (Lipinski definition) is 2. The maximum Gasteiger partial charge on any atom is 0.0105 e. The molecule has 0 aromatic carbocycles. The van der Waals surface area contributed by atoms with E-state index in [1.54, 1.807) is 0 Å². The summed E-state index contributed by atoms with van der Waals surface area (Å²) in [6, 6.07) is 0.759. The number of allylic oxidation sites excluding steroid dienone is 1. The van der Waals surface area contributed by atoms with Crippen molar-refractivity contribution in [1.82, 2.24) is 10.2 Å². The van der Waals surface area contributed by atoms with Gasteiger partial charge in [0.2, 0.25) is 0 Å². The van der Waals surface area contributed by atoms with Gasteiger partial charge in [0.15, 0.2) is 0 Å². The molecule has 2 rings (SSSR count). The van der Waals surface area contributed by atoms with Crippen molar-refractivity contribution in [2.75, 3.05) is 26.7 Å². The fraction of sp³-hybridized carbons (Fsp3) is 0.846. The SMILES string of the molecule is CN1CCC(CNC2CC=CCC2)CC1. The Hall–Kier alpha value is -0.340. The molecule has 2 nitrogen and oxygen atoms in total. The zero-order chi connectivity index (χ0) is 10.5. The van der Waals surface area contributed by atoms with Crippen molar-refractivity contribution in [2.24, 2.45) is 5.92 Å².